The molecule has 0 aliphatic heterocycles. The Hall–Kier alpha value is -2.23. The van der Waals surface area contributed by atoms with Crippen molar-refractivity contribution in [3.63, 3.8) is 0 Å². The van der Waals surface area contributed by atoms with Gasteiger partial charge in [-0.2, -0.15) is 0 Å². The third-order valence-electron chi connectivity index (χ3n) is 2.88. The topological polar surface area (TPSA) is 33.2 Å². The van der Waals surface area contributed by atoms with E-state index in [9.17, 15) is 9.18 Å². The lowest BCUT2D eigenvalue weighted by Gasteiger charge is -2.22. The number of carbonyl (C=O) groups is 1. The zero-order valence-corrected chi connectivity index (χ0v) is 10.9. The van der Waals surface area contributed by atoms with E-state index in [1.54, 1.807) is 30.5 Å². The number of nitrogens with zero attached hydrogens (tertiary/aromatic N) is 2. The zero-order chi connectivity index (χ0) is 13.8. The fourth-order valence-electron chi connectivity index (χ4n) is 1.88. The van der Waals surface area contributed by atoms with Gasteiger partial charge in [-0.15, -0.1) is 0 Å². The summed E-state index contributed by atoms with van der Waals surface area (Å²) < 4.78 is 12.9. The molecule has 19 heavy (non-hydrogen) atoms. The average Bonchev–Trinajstić information content (AvgIpc) is 2.42. The molecule has 0 aliphatic rings. The van der Waals surface area contributed by atoms with Crippen LogP contribution in [-0.2, 0) is 0 Å². The predicted molar refractivity (Wildman–Crippen MR) is 73.3 cm³/mol. The van der Waals surface area contributed by atoms with Gasteiger partial charge in [-0.25, -0.2) is 9.37 Å². The van der Waals surface area contributed by atoms with Gasteiger partial charge in [0.05, 0.1) is 0 Å². The highest BCUT2D eigenvalue weighted by Gasteiger charge is 2.10. The van der Waals surface area contributed by atoms with E-state index in [0.717, 1.165) is 5.69 Å². The highest BCUT2D eigenvalue weighted by atomic mass is 19.1. The molecule has 0 bridgehead atoms. The van der Waals surface area contributed by atoms with Crippen molar-refractivity contribution >= 4 is 17.3 Å². The molecule has 0 aliphatic carbocycles. The summed E-state index contributed by atoms with van der Waals surface area (Å²) in [5, 5.41) is 0. The molecule has 98 valence electrons. The minimum Gasteiger partial charge on any atom is -0.327 e. The molecule has 1 aromatic carbocycles. The van der Waals surface area contributed by atoms with Crippen LogP contribution in [0.4, 0.5) is 15.9 Å². The average molecular weight is 258 g/mol. The van der Waals surface area contributed by atoms with E-state index >= 15 is 0 Å². The van der Waals surface area contributed by atoms with Crippen LogP contribution >= 0.6 is 0 Å². The van der Waals surface area contributed by atoms with E-state index in [4.69, 9.17) is 0 Å². The molecule has 4 heteroatoms. The van der Waals surface area contributed by atoms with Crippen molar-refractivity contribution in [2.45, 2.75) is 13.8 Å². The molecule has 0 unspecified atom stereocenters. The Morgan fingerprint density at radius 3 is 2.53 bits per heavy atom. The molecule has 2 aromatic rings. The Balaban J connectivity index is 2.39. The number of hydrogen-bond donors (Lipinski definition) is 0. The van der Waals surface area contributed by atoms with Crippen molar-refractivity contribution in [1.29, 1.82) is 0 Å². The number of Topliss-reactive ketones (excluding diaryl/α,β-unsaturated/α-hetero) is 1. The number of halogens is 1. The maximum Gasteiger partial charge on any atom is 0.159 e. The van der Waals surface area contributed by atoms with Gasteiger partial charge in [0.25, 0.3) is 0 Å². The van der Waals surface area contributed by atoms with Crippen molar-refractivity contribution < 1.29 is 9.18 Å². The Morgan fingerprint density at radius 1 is 1.26 bits per heavy atom. The summed E-state index contributed by atoms with van der Waals surface area (Å²) in [5.41, 5.74) is 1.46. The van der Waals surface area contributed by atoms with Crippen LogP contribution in [0.1, 0.15) is 24.2 Å². The second-order valence-electron chi connectivity index (χ2n) is 4.18. The van der Waals surface area contributed by atoms with Gasteiger partial charge in [-0.05, 0) is 50.2 Å². The van der Waals surface area contributed by atoms with E-state index in [2.05, 4.69) is 4.98 Å². The van der Waals surface area contributed by atoms with Crippen LogP contribution in [0.2, 0.25) is 0 Å². The van der Waals surface area contributed by atoms with Gasteiger partial charge in [0.15, 0.2) is 5.78 Å². The zero-order valence-electron chi connectivity index (χ0n) is 10.9. The van der Waals surface area contributed by atoms with Crippen molar-refractivity contribution in [2.75, 3.05) is 11.4 Å². The third kappa shape index (κ3) is 2.96. The van der Waals surface area contributed by atoms with E-state index in [-0.39, 0.29) is 11.6 Å². The largest absolute Gasteiger partial charge is 0.327 e. The quantitative estimate of drug-likeness (QED) is 0.786. The summed E-state index contributed by atoms with van der Waals surface area (Å²) in [4.78, 5) is 17.6. The van der Waals surface area contributed by atoms with Gasteiger partial charge in [-0.3, -0.25) is 4.79 Å². The van der Waals surface area contributed by atoms with Gasteiger partial charge in [0.2, 0.25) is 0 Å². The summed E-state index contributed by atoms with van der Waals surface area (Å²) in [6, 6.07) is 9.64. The molecule has 0 spiro atoms. The molecule has 0 N–H and O–H groups in total. The Kier molecular flexibility index (Phi) is 3.90. The van der Waals surface area contributed by atoms with Crippen LogP contribution in [0.3, 0.4) is 0 Å². The van der Waals surface area contributed by atoms with Gasteiger partial charge >= 0.3 is 0 Å². The predicted octanol–water partition coefficient (Wildman–Crippen LogP) is 3.58. The van der Waals surface area contributed by atoms with Crippen LogP contribution in [0.5, 0.6) is 0 Å². The molecule has 0 fully saturated rings. The molecule has 0 radical (unpaired) electrons. The van der Waals surface area contributed by atoms with E-state index in [0.29, 0.717) is 17.9 Å². The minimum atomic E-state index is -0.273. The monoisotopic (exact) mass is 258 g/mol. The first-order valence-electron chi connectivity index (χ1n) is 6.12. The smallest absolute Gasteiger partial charge is 0.159 e. The number of pyridine rings is 1. The first-order chi connectivity index (χ1) is 9.11. The van der Waals surface area contributed by atoms with Crippen molar-refractivity contribution in [3.8, 4) is 0 Å². The number of anilines is 2. The molecule has 3 nitrogen and oxygen atoms in total. The summed E-state index contributed by atoms with van der Waals surface area (Å²) in [6.07, 6.45) is 1.61. The lowest BCUT2D eigenvalue weighted by Crippen LogP contribution is -2.17. The minimum absolute atomic E-state index is 0.00110. The molecule has 1 aromatic heterocycles. The number of ketones is 1. The van der Waals surface area contributed by atoms with Crippen LogP contribution in [0.25, 0.3) is 0 Å². The fraction of sp³-hybridized carbons (Fsp3) is 0.200. The van der Waals surface area contributed by atoms with E-state index in [1.165, 1.54) is 19.1 Å². The molecular weight excluding hydrogens is 243 g/mol. The van der Waals surface area contributed by atoms with Gasteiger partial charge in [-0.1, -0.05) is 0 Å². The Labute approximate surface area is 111 Å². The van der Waals surface area contributed by atoms with Gasteiger partial charge < -0.3 is 4.90 Å². The molecule has 0 atom stereocenters. The molecule has 0 saturated carbocycles. The van der Waals surface area contributed by atoms with Crippen molar-refractivity contribution in [1.82, 2.24) is 4.98 Å². The molecule has 1 heterocycles. The number of benzene rings is 1. The molecular formula is C15H15FN2O. The van der Waals surface area contributed by atoms with Crippen molar-refractivity contribution in [3.05, 3.63) is 54.0 Å². The fourth-order valence-corrected chi connectivity index (χ4v) is 1.88. The molecule has 2 rings (SSSR count). The Bertz CT molecular complexity index is 581. The maximum absolute atomic E-state index is 12.9. The highest BCUT2D eigenvalue weighted by Crippen LogP contribution is 2.24. The summed E-state index contributed by atoms with van der Waals surface area (Å²) in [6.45, 7) is 4.18. The molecule has 0 saturated heterocycles. The SMILES string of the molecule is CCN(c1ccc(F)cc1)c1cc(C(C)=O)ccn1. The second-order valence-corrected chi connectivity index (χ2v) is 4.18. The number of aromatic nitrogens is 1. The Morgan fingerprint density at radius 2 is 1.95 bits per heavy atom. The number of rotatable bonds is 4. The lowest BCUT2D eigenvalue weighted by molar-refractivity contribution is 0.101. The van der Waals surface area contributed by atoms with E-state index < -0.39 is 0 Å². The first-order valence-corrected chi connectivity index (χ1v) is 6.12. The van der Waals surface area contributed by atoms with Gasteiger partial charge in [0, 0.05) is 24.0 Å². The summed E-state index contributed by atoms with van der Waals surface area (Å²) in [7, 11) is 0. The number of hydrogen-bond acceptors (Lipinski definition) is 3. The third-order valence-corrected chi connectivity index (χ3v) is 2.88. The molecule has 0 amide bonds. The van der Waals surface area contributed by atoms with Crippen LogP contribution in [-0.4, -0.2) is 17.3 Å². The van der Waals surface area contributed by atoms with Crippen LogP contribution in [0, 0.1) is 5.82 Å². The normalized spacial score (nSPS) is 10.3. The lowest BCUT2D eigenvalue weighted by atomic mass is 10.2. The summed E-state index contributed by atoms with van der Waals surface area (Å²) in [5.74, 6) is 0.408. The van der Waals surface area contributed by atoms with Gasteiger partial charge in [0.1, 0.15) is 11.6 Å². The van der Waals surface area contributed by atoms with Crippen LogP contribution < -0.4 is 4.90 Å². The van der Waals surface area contributed by atoms with Crippen LogP contribution in [0.15, 0.2) is 42.6 Å². The second kappa shape index (κ2) is 5.61. The maximum atomic E-state index is 12.9. The highest BCUT2D eigenvalue weighted by molar-refractivity contribution is 5.94. The van der Waals surface area contributed by atoms with E-state index in [1.807, 2.05) is 11.8 Å². The number of carbonyl (C=O) groups excluding carboxylic acids is 1. The van der Waals surface area contributed by atoms with Crippen molar-refractivity contribution in [2.24, 2.45) is 0 Å². The summed E-state index contributed by atoms with van der Waals surface area (Å²) >= 11 is 0. The first kappa shape index (κ1) is 13.2. The standard InChI is InChI=1S/C15H15FN2O/c1-3-18(14-6-4-13(16)5-7-14)15-10-12(11(2)19)8-9-17-15/h4-10H,3H2,1-2H3.